The second-order valence-corrected chi connectivity index (χ2v) is 8.84. The van der Waals surface area contributed by atoms with Gasteiger partial charge in [-0.3, -0.25) is 19.7 Å². The summed E-state index contributed by atoms with van der Waals surface area (Å²) in [5.41, 5.74) is 1.27. The molecular weight excluding hydrogens is 384 g/mol. The highest BCUT2D eigenvalue weighted by Crippen LogP contribution is 2.48. The summed E-state index contributed by atoms with van der Waals surface area (Å²) >= 11 is 3.47. The molecule has 25 heavy (non-hydrogen) atoms. The van der Waals surface area contributed by atoms with E-state index in [-0.39, 0.29) is 23.6 Å². The average molecular weight is 403 g/mol. The second kappa shape index (κ2) is 5.27. The smallest absolute Gasteiger partial charge is 0.233 e. The SMILES string of the molecule is CC(C)(C)C(=O)[C@@H]1[C@@H]2C(=O)NC(=O)[C@@H]2[C@@H]2C=Cc3cc(Br)ccc3N12. The molecule has 3 aliphatic heterocycles. The number of Topliss-reactive ketones (excluding diaryl/α,β-unsaturated/α-hetero) is 1. The number of amides is 2. The lowest BCUT2D eigenvalue weighted by Gasteiger charge is -2.38. The number of nitrogens with zero attached hydrogens (tertiary/aromatic N) is 1. The molecule has 2 saturated heterocycles. The van der Waals surface area contributed by atoms with Crippen LogP contribution < -0.4 is 10.2 Å². The van der Waals surface area contributed by atoms with Crippen LogP contribution in [-0.2, 0) is 14.4 Å². The third-order valence-electron chi connectivity index (χ3n) is 5.32. The molecule has 0 radical (unpaired) electrons. The Labute approximate surface area is 154 Å². The zero-order valence-electron chi connectivity index (χ0n) is 14.2. The standard InChI is InChI=1S/C19H19BrN2O3/c1-19(2,3)16(23)15-14-13(17(24)21-18(14)25)12-6-4-9-8-10(20)5-7-11(9)22(12)15/h4-8,12-15H,1-3H3,(H,21,24,25)/t12-,13+,14+,15-/m0/s1. The van der Waals surface area contributed by atoms with Gasteiger partial charge in [-0.2, -0.15) is 0 Å². The van der Waals surface area contributed by atoms with Crippen LogP contribution in [0, 0.1) is 17.3 Å². The quantitative estimate of drug-likeness (QED) is 0.732. The number of benzene rings is 1. The molecule has 3 aliphatic rings. The van der Waals surface area contributed by atoms with Crippen LogP contribution in [0.1, 0.15) is 26.3 Å². The summed E-state index contributed by atoms with van der Waals surface area (Å²) in [6.45, 7) is 5.57. The molecular formula is C19H19BrN2O3. The van der Waals surface area contributed by atoms with E-state index in [2.05, 4.69) is 21.2 Å². The van der Waals surface area contributed by atoms with Gasteiger partial charge in [0.2, 0.25) is 11.8 Å². The number of imide groups is 1. The molecule has 5 nitrogen and oxygen atoms in total. The van der Waals surface area contributed by atoms with Gasteiger partial charge in [0.1, 0.15) is 6.04 Å². The molecule has 1 N–H and O–H groups in total. The molecule has 0 saturated carbocycles. The van der Waals surface area contributed by atoms with Gasteiger partial charge in [-0.25, -0.2) is 0 Å². The molecule has 2 fully saturated rings. The van der Waals surface area contributed by atoms with E-state index >= 15 is 0 Å². The minimum absolute atomic E-state index is 0.0148. The van der Waals surface area contributed by atoms with E-state index in [0.717, 1.165) is 15.7 Å². The number of carbonyl (C=O) groups is 3. The first-order chi connectivity index (χ1) is 11.7. The van der Waals surface area contributed by atoms with Crippen LogP contribution in [0.3, 0.4) is 0 Å². The number of hydrogen-bond donors (Lipinski definition) is 1. The third kappa shape index (κ3) is 2.30. The van der Waals surface area contributed by atoms with Crippen LogP contribution in [0.4, 0.5) is 5.69 Å². The van der Waals surface area contributed by atoms with Crippen LogP contribution in [0.15, 0.2) is 28.7 Å². The molecule has 3 heterocycles. The maximum absolute atomic E-state index is 13.2. The zero-order valence-corrected chi connectivity index (χ0v) is 15.8. The number of rotatable bonds is 1. The number of nitrogens with one attached hydrogen (secondary N) is 1. The van der Waals surface area contributed by atoms with Crippen molar-refractivity contribution < 1.29 is 14.4 Å². The normalized spacial score (nSPS) is 30.0. The first kappa shape index (κ1) is 16.5. The van der Waals surface area contributed by atoms with Gasteiger partial charge < -0.3 is 4.90 Å². The van der Waals surface area contributed by atoms with E-state index in [0.29, 0.717) is 0 Å². The summed E-state index contributed by atoms with van der Waals surface area (Å²) in [6.07, 6.45) is 3.92. The minimum atomic E-state index is -0.636. The molecule has 130 valence electrons. The van der Waals surface area contributed by atoms with Crippen LogP contribution in [0.2, 0.25) is 0 Å². The maximum Gasteiger partial charge on any atom is 0.233 e. The Kier molecular flexibility index (Phi) is 3.48. The molecule has 0 spiro atoms. The van der Waals surface area contributed by atoms with Crippen LogP contribution in [0.5, 0.6) is 0 Å². The molecule has 4 atom stereocenters. The highest BCUT2D eigenvalue weighted by atomic mass is 79.9. The Morgan fingerprint density at radius 2 is 1.84 bits per heavy atom. The van der Waals surface area contributed by atoms with Crippen molar-refractivity contribution in [3.05, 3.63) is 34.3 Å². The molecule has 0 unspecified atom stereocenters. The van der Waals surface area contributed by atoms with Crippen molar-refractivity contribution >= 4 is 45.3 Å². The number of fused-ring (bicyclic) bond motifs is 5. The van der Waals surface area contributed by atoms with Crippen molar-refractivity contribution in [2.24, 2.45) is 17.3 Å². The van der Waals surface area contributed by atoms with Gasteiger partial charge in [0, 0.05) is 15.6 Å². The Hall–Kier alpha value is -1.95. The number of halogens is 1. The predicted molar refractivity (Wildman–Crippen MR) is 97.8 cm³/mol. The molecule has 0 aromatic heterocycles. The Morgan fingerprint density at radius 3 is 2.52 bits per heavy atom. The topological polar surface area (TPSA) is 66.5 Å². The number of hydrogen-bond acceptors (Lipinski definition) is 4. The summed E-state index contributed by atoms with van der Waals surface area (Å²) in [4.78, 5) is 40.1. The minimum Gasteiger partial charge on any atom is -0.353 e. The van der Waals surface area contributed by atoms with Gasteiger partial charge in [0.05, 0.1) is 17.9 Å². The van der Waals surface area contributed by atoms with Gasteiger partial charge >= 0.3 is 0 Å². The third-order valence-corrected chi connectivity index (χ3v) is 5.81. The largest absolute Gasteiger partial charge is 0.353 e. The van der Waals surface area contributed by atoms with E-state index in [1.54, 1.807) is 0 Å². The van der Waals surface area contributed by atoms with Crippen LogP contribution >= 0.6 is 15.9 Å². The van der Waals surface area contributed by atoms with Gasteiger partial charge in [-0.15, -0.1) is 0 Å². The molecule has 1 aromatic carbocycles. The van der Waals surface area contributed by atoms with Crippen molar-refractivity contribution in [2.75, 3.05) is 4.90 Å². The molecule has 4 rings (SSSR count). The molecule has 6 heteroatoms. The molecule has 0 bridgehead atoms. The molecule has 0 aliphatic carbocycles. The monoisotopic (exact) mass is 402 g/mol. The first-order valence-electron chi connectivity index (χ1n) is 8.35. The van der Waals surface area contributed by atoms with E-state index < -0.39 is 23.3 Å². The number of carbonyl (C=O) groups excluding carboxylic acids is 3. The van der Waals surface area contributed by atoms with E-state index in [1.165, 1.54) is 0 Å². The second-order valence-electron chi connectivity index (χ2n) is 7.92. The average Bonchev–Trinajstić information content (AvgIpc) is 3.01. The van der Waals surface area contributed by atoms with Crippen LogP contribution in [-0.4, -0.2) is 29.7 Å². The lowest BCUT2D eigenvalue weighted by atomic mass is 9.79. The summed E-state index contributed by atoms with van der Waals surface area (Å²) in [5.74, 6) is -1.78. The highest BCUT2D eigenvalue weighted by molar-refractivity contribution is 9.10. The molecule has 1 aromatic rings. The van der Waals surface area contributed by atoms with E-state index in [4.69, 9.17) is 0 Å². The zero-order chi connectivity index (χ0) is 18.1. The molecule has 2 amide bonds. The Balaban J connectivity index is 1.90. The summed E-state index contributed by atoms with van der Waals surface area (Å²) in [7, 11) is 0. The summed E-state index contributed by atoms with van der Waals surface area (Å²) in [5, 5.41) is 2.42. The lowest BCUT2D eigenvalue weighted by Crippen LogP contribution is -2.50. The summed E-state index contributed by atoms with van der Waals surface area (Å²) < 4.78 is 0.946. The lowest BCUT2D eigenvalue weighted by molar-refractivity contribution is -0.132. The Bertz CT molecular complexity index is 840. The number of anilines is 1. The van der Waals surface area contributed by atoms with Crippen molar-refractivity contribution in [2.45, 2.75) is 32.9 Å². The highest BCUT2D eigenvalue weighted by Gasteiger charge is 2.62. The fraction of sp³-hybridized carbons (Fsp3) is 0.421. The van der Waals surface area contributed by atoms with Crippen molar-refractivity contribution in [3.8, 4) is 0 Å². The fourth-order valence-corrected chi connectivity index (χ4v) is 4.58. The number of ketones is 1. The van der Waals surface area contributed by atoms with Gasteiger partial charge in [-0.1, -0.05) is 48.9 Å². The van der Waals surface area contributed by atoms with Crippen LogP contribution in [0.25, 0.3) is 6.08 Å². The van der Waals surface area contributed by atoms with Gasteiger partial charge in [0.15, 0.2) is 5.78 Å². The summed E-state index contributed by atoms with van der Waals surface area (Å²) in [6, 6.07) is 4.94. The maximum atomic E-state index is 13.2. The van der Waals surface area contributed by atoms with Crippen molar-refractivity contribution in [1.82, 2.24) is 5.32 Å². The van der Waals surface area contributed by atoms with Gasteiger partial charge in [0.25, 0.3) is 0 Å². The van der Waals surface area contributed by atoms with E-state index in [1.807, 2.05) is 56.0 Å². The fourth-order valence-electron chi connectivity index (χ4n) is 4.21. The first-order valence-corrected chi connectivity index (χ1v) is 9.14. The van der Waals surface area contributed by atoms with Gasteiger partial charge in [-0.05, 0) is 23.8 Å². The van der Waals surface area contributed by atoms with Crippen molar-refractivity contribution in [3.63, 3.8) is 0 Å². The van der Waals surface area contributed by atoms with E-state index in [9.17, 15) is 14.4 Å². The predicted octanol–water partition coefficient (Wildman–Crippen LogP) is 2.54. The Morgan fingerprint density at radius 1 is 1.16 bits per heavy atom. The van der Waals surface area contributed by atoms with Crippen molar-refractivity contribution in [1.29, 1.82) is 0 Å².